The van der Waals surface area contributed by atoms with Gasteiger partial charge >= 0.3 is 0 Å². The summed E-state index contributed by atoms with van der Waals surface area (Å²) in [5.74, 6) is 0.222. The SMILES string of the molecule is Cc1cccc(CONC(=O)C2CCCn3ncnc32)n1. The molecule has 0 saturated carbocycles. The Kier molecular flexibility index (Phi) is 3.92. The Morgan fingerprint density at radius 3 is 3.29 bits per heavy atom. The monoisotopic (exact) mass is 287 g/mol. The number of rotatable bonds is 4. The molecule has 0 fully saturated rings. The molecule has 7 nitrogen and oxygen atoms in total. The molecule has 1 N–H and O–H groups in total. The second-order valence-electron chi connectivity index (χ2n) is 5.06. The van der Waals surface area contributed by atoms with Gasteiger partial charge in [0.25, 0.3) is 5.91 Å². The van der Waals surface area contributed by atoms with Crippen LogP contribution in [0.3, 0.4) is 0 Å². The molecule has 1 unspecified atom stereocenters. The van der Waals surface area contributed by atoms with Crippen molar-refractivity contribution in [3.8, 4) is 0 Å². The van der Waals surface area contributed by atoms with Crippen LogP contribution in [0.4, 0.5) is 0 Å². The Balaban J connectivity index is 1.56. The largest absolute Gasteiger partial charge is 0.272 e. The molecule has 3 rings (SSSR count). The number of amides is 1. The van der Waals surface area contributed by atoms with E-state index in [0.717, 1.165) is 30.8 Å². The van der Waals surface area contributed by atoms with E-state index in [1.54, 1.807) is 4.68 Å². The number of hydrogen-bond acceptors (Lipinski definition) is 5. The van der Waals surface area contributed by atoms with Gasteiger partial charge in [0, 0.05) is 12.2 Å². The van der Waals surface area contributed by atoms with Crippen LogP contribution in [-0.4, -0.2) is 25.7 Å². The summed E-state index contributed by atoms with van der Waals surface area (Å²) < 4.78 is 1.77. The van der Waals surface area contributed by atoms with Gasteiger partial charge in [0.1, 0.15) is 18.8 Å². The summed E-state index contributed by atoms with van der Waals surface area (Å²) in [6, 6.07) is 5.68. The van der Waals surface area contributed by atoms with Crippen LogP contribution >= 0.6 is 0 Å². The number of hydroxylamine groups is 1. The van der Waals surface area contributed by atoms with Crippen molar-refractivity contribution in [2.24, 2.45) is 0 Å². The summed E-state index contributed by atoms with van der Waals surface area (Å²) in [5.41, 5.74) is 4.19. The highest BCUT2D eigenvalue weighted by atomic mass is 16.6. The minimum absolute atomic E-state index is 0.184. The van der Waals surface area contributed by atoms with E-state index in [0.29, 0.717) is 5.82 Å². The van der Waals surface area contributed by atoms with Crippen molar-refractivity contribution in [2.75, 3.05) is 0 Å². The van der Waals surface area contributed by atoms with Crippen molar-refractivity contribution in [1.82, 2.24) is 25.2 Å². The zero-order valence-corrected chi connectivity index (χ0v) is 11.8. The molecular formula is C14H17N5O2. The second kappa shape index (κ2) is 6.01. The molecule has 2 aromatic heterocycles. The van der Waals surface area contributed by atoms with Crippen LogP contribution < -0.4 is 5.48 Å². The van der Waals surface area contributed by atoms with Gasteiger partial charge in [0.15, 0.2) is 0 Å². The standard InChI is InChI=1S/C14H17N5O2/c1-10-4-2-5-11(17-10)8-21-18-14(20)12-6-3-7-19-13(12)15-9-16-19/h2,4-5,9,12H,3,6-8H2,1H3,(H,18,20). The van der Waals surface area contributed by atoms with Gasteiger partial charge in [-0.3, -0.25) is 14.6 Å². The van der Waals surface area contributed by atoms with Crippen molar-refractivity contribution >= 4 is 5.91 Å². The van der Waals surface area contributed by atoms with Gasteiger partial charge in [-0.15, -0.1) is 0 Å². The van der Waals surface area contributed by atoms with E-state index >= 15 is 0 Å². The van der Waals surface area contributed by atoms with Crippen molar-refractivity contribution in [3.05, 3.63) is 41.7 Å². The van der Waals surface area contributed by atoms with E-state index < -0.39 is 0 Å². The summed E-state index contributed by atoms with van der Waals surface area (Å²) in [4.78, 5) is 25.9. The molecule has 7 heteroatoms. The molecule has 0 aliphatic carbocycles. The Bertz CT molecular complexity index is 640. The number of nitrogens with one attached hydrogen (secondary N) is 1. The zero-order valence-electron chi connectivity index (χ0n) is 11.8. The van der Waals surface area contributed by atoms with Gasteiger partial charge in [0.05, 0.1) is 11.6 Å². The molecule has 1 aliphatic rings. The van der Waals surface area contributed by atoms with Crippen molar-refractivity contribution in [3.63, 3.8) is 0 Å². The van der Waals surface area contributed by atoms with Crippen LogP contribution in [0, 0.1) is 6.92 Å². The van der Waals surface area contributed by atoms with E-state index in [9.17, 15) is 4.79 Å². The predicted molar refractivity (Wildman–Crippen MR) is 73.9 cm³/mol. The fourth-order valence-electron chi connectivity index (χ4n) is 2.47. The third kappa shape index (κ3) is 3.08. The van der Waals surface area contributed by atoms with Gasteiger partial charge in [-0.25, -0.2) is 15.1 Å². The van der Waals surface area contributed by atoms with Crippen molar-refractivity contribution in [2.45, 2.75) is 38.8 Å². The predicted octanol–water partition coefficient (Wildman–Crippen LogP) is 1.11. The van der Waals surface area contributed by atoms with Gasteiger partial charge < -0.3 is 0 Å². The molecule has 110 valence electrons. The fraction of sp³-hybridized carbons (Fsp3) is 0.429. The molecule has 0 bridgehead atoms. The molecule has 21 heavy (non-hydrogen) atoms. The summed E-state index contributed by atoms with van der Waals surface area (Å²) in [5, 5.41) is 4.10. The molecule has 1 atom stereocenters. The van der Waals surface area contributed by atoms with Gasteiger partial charge in [-0.05, 0) is 31.9 Å². The summed E-state index contributed by atoms with van der Waals surface area (Å²) in [6.45, 7) is 2.97. The number of carbonyl (C=O) groups is 1. The molecule has 0 spiro atoms. The highest BCUT2D eigenvalue weighted by Crippen LogP contribution is 2.24. The molecule has 0 aromatic carbocycles. The molecule has 2 aromatic rings. The number of fused-ring (bicyclic) bond motifs is 1. The Morgan fingerprint density at radius 1 is 1.52 bits per heavy atom. The van der Waals surface area contributed by atoms with Crippen molar-refractivity contribution < 1.29 is 9.63 Å². The Labute approximate surface area is 122 Å². The number of aryl methyl sites for hydroxylation is 2. The maximum absolute atomic E-state index is 12.2. The molecule has 1 amide bonds. The number of aromatic nitrogens is 4. The van der Waals surface area contributed by atoms with Gasteiger partial charge in [-0.1, -0.05) is 6.07 Å². The van der Waals surface area contributed by atoms with Gasteiger partial charge in [0.2, 0.25) is 0 Å². The minimum Gasteiger partial charge on any atom is -0.272 e. The smallest absolute Gasteiger partial charge is 0.254 e. The summed E-state index contributed by atoms with van der Waals surface area (Å²) in [7, 11) is 0. The molecular weight excluding hydrogens is 270 g/mol. The first-order chi connectivity index (χ1) is 10.2. The first kappa shape index (κ1) is 13.7. The van der Waals surface area contributed by atoms with Gasteiger partial charge in [-0.2, -0.15) is 5.10 Å². The lowest BCUT2D eigenvalue weighted by Gasteiger charge is -2.21. The lowest BCUT2D eigenvalue weighted by Crippen LogP contribution is -2.33. The number of hydrogen-bond donors (Lipinski definition) is 1. The lowest BCUT2D eigenvalue weighted by atomic mass is 9.99. The zero-order chi connectivity index (χ0) is 14.7. The fourth-order valence-corrected chi connectivity index (χ4v) is 2.47. The highest BCUT2D eigenvalue weighted by Gasteiger charge is 2.28. The molecule has 3 heterocycles. The van der Waals surface area contributed by atoms with Crippen LogP contribution in [0.25, 0.3) is 0 Å². The maximum Gasteiger partial charge on any atom is 0.254 e. The Hall–Kier alpha value is -2.28. The van der Waals surface area contributed by atoms with E-state index in [2.05, 4.69) is 20.5 Å². The van der Waals surface area contributed by atoms with E-state index in [1.807, 2.05) is 25.1 Å². The Morgan fingerprint density at radius 2 is 2.43 bits per heavy atom. The molecule has 0 saturated heterocycles. The van der Waals surface area contributed by atoms with Crippen molar-refractivity contribution in [1.29, 1.82) is 0 Å². The molecule has 0 radical (unpaired) electrons. The highest BCUT2D eigenvalue weighted by molar-refractivity contribution is 5.81. The van der Waals surface area contributed by atoms with E-state index in [1.165, 1.54) is 6.33 Å². The maximum atomic E-state index is 12.2. The van der Waals surface area contributed by atoms with Crippen LogP contribution in [-0.2, 0) is 22.8 Å². The quantitative estimate of drug-likeness (QED) is 0.852. The van der Waals surface area contributed by atoms with E-state index in [-0.39, 0.29) is 18.4 Å². The van der Waals surface area contributed by atoms with Crippen LogP contribution in [0.5, 0.6) is 0 Å². The third-order valence-corrected chi connectivity index (χ3v) is 3.48. The van der Waals surface area contributed by atoms with E-state index in [4.69, 9.17) is 4.84 Å². The minimum atomic E-state index is -0.299. The second-order valence-corrected chi connectivity index (χ2v) is 5.06. The first-order valence-electron chi connectivity index (χ1n) is 6.96. The average Bonchev–Trinajstić information content (AvgIpc) is 2.95. The third-order valence-electron chi connectivity index (χ3n) is 3.48. The van der Waals surface area contributed by atoms with Crippen LogP contribution in [0.1, 0.15) is 36.0 Å². The number of carbonyl (C=O) groups excluding carboxylic acids is 1. The normalized spacial score (nSPS) is 17.3. The summed E-state index contributed by atoms with van der Waals surface area (Å²) >= 11 is 0. The average molecular weight is 287 g/mol. The van der Waals surface area contributed by atoms with Crippen LogP contribution in [0.15, 0.2) is 24.5 Å². The lowest BCUT2D eigenvalue weighted by molar-refractivity contribution is -0.137. The molecule has 1 aliphatic heterocycles. The number of pyridine rings is 1. The number of nitrogens with zero attached hydrogens (tertiary/aromatic N) is 4. The topological polar surface area (TPSA) is 81.9 Å². The van der Waals surface area contributed by atoms with Crippen LogP contribution in [0.2, 0.25) is 0 Å². The first-order valence-corrected chi connectivity index (χ1v) is 6.96. The summed E-state index contributed by atoms with van der Waals surface area (Å²) in [6.07, 6.45) is 3.16.